The molecule has 36 heavy (non-hydrogen) atoms. The number of carboxylic acids is 1. The Labute approximate surface area is 209 Å². The van der Waals surface area contributed by atoms with Crippen molar-refractivity contribution in [1.29, 1.82) is 5.41 Å². The molecule has 3 aromatic rings. The van der Waals surface area contributed by atoms with Gasteiger partial charge in [0.15, 0.2) is 0 Å². The van der Waals surface area contributed by atoms with Crippen LogP contribution in [0.25, 0.3) is 11.1 Å². The summed E-state index contributed by atoms with van der Waals surface area (Å²) in [5, 5.41) is 22.9. The van der Waals surface area contributed by atoms with Crippen LogP contribution in [0.4, 0.5) is 5.69 Å². The maximum Gasteiger partial charge on any atom is 0.336 e. The van der Waals surface area contributed by atoms with Crippen molar-refractivity contribution in [2.24, 2.45) is 11.5 Å². The first-order valence-corrected chi connectivity index (χ1v) is 11.5. The molecule has 186 valence electrons. The second-order valence-electron chi connectivity index (χ2n) is 8.16. The van der Waals surface area contributed by atoms with E-state index < -0.39 is 11.9 Å². The molecule has 0 saturated carbocycles. The number of carbonyl (C=O) groups is 3. The molecule has 0 unspecified atom stereocenters. The quantitative estimate of drug-likeness (QED) is 0.137. The van der Waals surface area contributed by atoms with Crippen molar-refractivity contribution in [3.05, 3.63) is 89.0 Å². The minimum absolute atomic E-state index is 0.0804. The molecule has 3 aromatic carbocycles. The van der Waals surface area contributed by atoms with Crippen LogP contribution in [0.15, 0.2) is 66.7 Å². The lowest BCUT2D eigenvalue weighted by molar-refractivity contribution is 0.0697. The Hall–Kier alpha value is -4.50. The van der Waals surface area contributed by atoms with E-state index in [2.05, 4.69) is 10.6 Å². The number of benzene rings is 3. The summed E-state index contributed by atoms with van der Waals surface area (Å²) in [5.74, 6) is -2.09. The molecule has 0 heterocycles. The minimum Gasteiger partial charge on any atom is -0.478 e. The Kier molecular flexibility index (Phi) is 8.90. The van der Waals surface area contributed by atoms with Gasteiger partial charge in [-0.3, -0.25) is 15.0 Å². The van der Waals surface area contributed by atoms with Crippen molar-refractivity contribution in [2.75, 3.05) is 18.4 Å². The van der Waals surface area contributed by atoms with Gasteiger partial charge >= 0.3 is 5.97 Å². The lowest BCUT2D eigenvalue weighted by Gasteiger charge is -2.14. The molecular weight excluding hydrogens is 458 g/mol. The van der Waals surface area contributed by atoms with Gasteiger partial charge in [-0.25, -0.2) is 4.79 Å². The van der Waals surface area contributed by atoms with Crippen LogP contribution in [-0.4, -0.2) is 41.8 Å². The maximum atomic E-state index is 13.1. The molecule has 9 heteroatoms. The first-order chi connectivity index (χ1) is 17.3. The zero-order valence-corrected chi connectivity index (χ0v) is 19.7. The molecule has 0 aliphatic rings. The molecular formula is C27H29N5O4. The number of carbonyl (C=O) groups excluding carboxylic acids is 2. The van der Waals surface area contributed by atoms with Gasteiger partial charge < -0.3 is 27.2 Å². The third-order valence-electron chi connectivity index (χ3n) is 5.59. The number of anilines is 1. The lowest BCUT2D eigenvalue weighted by Crippen LogP contribution is -2.25. The van der Waals surface area contributed by atoms with E-state index in [4.69, 9.17) is 16.9 Å². The second kappa shape index (κ2) is 12.3. The topological polar surface area (TPSA) is 171 Å². The smallest absolute Gasteiger partial charge is 0.336 e. The SMILES string of the molecule is N=C(N)c1ccc(NC(=O)c2ccccc2-c2ccc(C(=O)NCCCCCN)cc2C(=O)O)cc1. The van der Waals surface area contributed by atoms with E-state index in [0.717, 1.165) is 19.3 Å². The zero-order chi connectivity index (χ0) is 26.1. The number of rotatable bonds is 11. The number of nitrogens with two attached hydrogens (primary N) is 2. The zero-order valence-electron chi connectivity index (χ0n) is 19.7. The highest BCUT2D eigenvalue weighted by Crippen LogP contribution is 2.29. The van der Waals surface area contributed by atoms with Gasteiger partial charge in [-0.2, -0.15) is 0 Å². The molecule has 2 amide bonds. The maximum absolute atomic E-state index is 13.1. The van der Waals surface area contributed by atoms with E-state index in [1.54, 1.807) is 60.7 Å². The Morgan fingerprint density at radius 1 is 0.806 bits per heavy atom. The standard InChI is InChI=1S/C27H29N5O4/c28-14-4-1-5-15-31-25(33)18-10-13-21(23(16-18)27(35)36)20-6-2-3-7-22(20)26(34)32-19-11-8-17(9-12-19)24(29)30/h2-3,6-13,16H,1,4-5,14-15,28H2,(H3,29,30)(H,31,33)(H,32,34)(H,35,36). The Morgan fingerprint density at radius 2 is 1.47 bits per heavy atom. The van der Waals surface area contributed by atoms with Gasteiger partial charge in [-0.05, 0) is 73.0 Å². The predicted molar refractivity (Wildman–Crippen MR) is 139 cm³/mol. The highest BCUT2D eigenvalue weighted by Gasteiger charge is 2.20. The molecule has 0 aliphatic carbocycles. The summed E-state index contributed by atoms with van der Waals surface area (Å²) in [5.41, 5.74) is 13.1. The summed E-state index contributed by atoms with van der Waals surface area (Å²) in [4.78, 5) is 37.7. The summed E-state index contributed by atoms with van der Waals surface area (Å²) in [7, 11) is 0. The first kappa shape index (κ1) is 26.1. The fourth-order valence-corrected chi connectivity index (χ4v) is 3.69. The summed E-state index contributed by atoms with van der Waals surface area (Å²) in [6, 6.07) is 17.6. The van der Waals surface area contributed by atoms with E-state index in [-0.39, 0.29) is 28.4 Å². The molecule has 0 fully saturated rings. The molecule has 0 aliphatic heterocycles. The fraction of sp³-hybridized carbons (Fsp3) is 0.185. The molecule has 8 N–H and O–H groups in total. The van der Waals surface area contributed by atoms with Crippen molar-refractivity contribution in [3.8, 4) is 11.1 Å². The van der Waals surface area contributed by atoms with Gasteiger partial charge in [0, 0.05) is 28.9 Å². The third kappa shape index (κ3) is 6.55. The van der Waals surface area contributed by atoms with Crippen LogP contribution in [0.2, 0.25) is 0 Å². The van der Waals surface area contributed by atoms with Gasteiger partial charge in [0.05, 0.1) is 5.56 Å². The second-order valence-corrected chi connectivity index (χ2v) is 8.16. The summed E-state index contributed by atoms with van der Waals surface area (Å²) in [6.07, 6.45) is 2.56. The highest BCUT2D eigenvalue weighted by atomic mass is 16.4. The van der Waals surface area contributed by atoms with Crippen LogP contribution in [0.3, 0.4) is 0 Å². The number of aromatic carboxylic acids is 1. The van der Waals surface area contributed by atoms with Gasteiger partial charge in [-0.1, -0.05) is 30.7 Å². The first-order valence-electron chi connectivity index (χ1n) is 11.5. The normalized spacial score (nSPS) is 10.5. The number of amidine groups is 1. The van der Waals surface area contributed by atoms with Crippen LogP contribution in [0.5, 0.6) is 0 Å². The average molecular weight is 488 g/mol. The monoisotopic (exact) mass is 487 g/mol. The molecule has 0 saturated heterocycles. The summed E-state index contributed by atoms with van der Waals surface area (Å²) >= 11 is 0. The van der Waals surface area contributed by atoms with Gasteiger partial charge in [0.25, 0.3) is 11.8 Å². The van der Waals surface area contributed by atoms with Crippen molar-refractivity contribution in [2.45, 2.75) is 19.3 Å². The predicted octanol–water partition coefficient (Wildman–Crippen LogP) is 3.45. The van der Waals surface area contributed by atoms with E-state index in [1.165, 1.54) is 6.07 Å². The van der Waals surface area contributed by atoms with E-state index in [9.17, 15) is 19.5 Å². The molecule has 0 atom stereocenters. The van der Waals surface area contributed by atoms with Crippen LogP contribution < -0.4 is 22.1 Å². The van der Waals surface area contributed by atoms with Crippen LogP contribution in [-0.2, 0) is 0 Å². The number of hydrogen-bond acceptors (Lipinski definition) is 5. The van der Waals surface area contributed by atoms with Crippen molar-refractivity contribution < 1.29 is 19.5 Å². The Morgan fingerprint density at radius 3 is 2.14 bits per heavy atom. The van der Waals surface area contributed by atoms with Gasteiger partial charge in [0.2, 0.25) is 0 Å². The number of carboxylic acid groups (broad SMARTS) is 1. The molecule has 0 spiro atoms. The summed E-state index contributed by atoms with van der Waals surface area (Å²) < 4.78 is 0. The number of nitrogens with one attached hydrogen (secondary N) is 3. The number of hydrogen-bond donors (Lipinski definition) is 6. The Balaban J connectivity index is 1.85. The van der Waals surface area contributed by atoms with Crippen LogP contribution >= 0.6 is 0 Å². The molecule has 9 nitrogen and oxygen atoms in total. The summed E-state index contributed by atoms with van der Waals surface area (Å²) in [6.45, 7) is 1.07. The molecule has 0 bridgehead atoms. The van der Waals surface area contributed by atoms with Crippen LogP contribution in [0, 0.1) is 5.41 Å². The van der Waals surface area contributed by atoms with Crippen molar-refractivity contribution >= 4 is 29.3 Å². The molecule has 0 aromatic heterocycles. The number of amides is 2. The number of unbranched alkanes of at least 4 members (excludes halogenated alkanes) is 2. The van der Waals surface area contributed by atoms with Crippen LogP contribution in [0.1, 0.15) is 55.9 Å². The average Bonchev–Trinajstić information content (AvgIpc) is 2.88. The van der Waals surface area contributed by atoms with E-state index in [1.807, 2.05) is 0 Å². The Bertz CT molecular complexity index is 1270. The molecule has 0 radical (unpaired) electrons. The number of nitrogen functional groups attached to an aromatic ring is 1. The van der Waals surface area contributed by atoms with Gasteiger partial charge in [0.1, 0.15) is 5.84 Å². The lowest BCUT2D eigenvalue weighted by atomic mass is 9.93. The van der Waals surface area contributed by atoms with E-state index >= 15 is 0 Å². The van der Waals surface area contributed by atoms with Gasteiger partial charge in [-0.15, -0.1) is 0 Å². The van der Waals surface area contributed by atoms with Crippen molar-refractivity contribution in [3.63, 3.8) is 0 Å². The van der Waals surface area contributed by atoms with E-state index in [0.29, 0.717) is 35.5 Å². The van der Waals surface area contributed by atoms with Crippen molar-refractivity contribution in [1.82, 2.24) is 5.32 Å². The largest absolute Gasteiger partial charge is 0.478 e. The highest BCUT2D eigenvalue weighted by molar-refractivity contribution is 6.11. The fourth-order valence-electron chi connectivity index (χ4n) is 3.69. The minimum atomic E-state index is -1.21. The molecule has 3 rings (SSSR count). The third-order valence-corrected chi connectivity index (χ3v) is 5.59.